The van der Waals surface area contributed by atoms with Crippen molar-refractivity contribution in [2.24, 2.45) is 0 Å². The highest BCUT2D eigenvalue weighted by atomic mass is 16.1. The molecule has 0 saturated heterocycles. The number of nitrogens with one attached hydrogen (secondary N) is 2. The molecule has 1 aliphatic carbocycles. The molecule has 0 unspecified atom stereocenters. The second-order valence-corrected chi connectivity index (χ2v) is 7.46. The van der Waals surface area contributed by atoms with Gasteiger partial charge >= 0.3 is 0 Å². The van der Waals surface area contributed by atoms with E-state index in [0.717, 1.165) is 43.7 Å². The molecule has 1 fully saturated rings. The lowest BCUT2D eigenvalue weighted by atomic mass is 9.92. The number of benzene rings is 2. The zero-order valence-electron chi connectivity index (χ0n) is 15.0. The van der Waals surface area contributed by atoms with Crippen LogP contribution in [0.25, 0.3) is 43.7 Å². The number of anilines is 1. The molecule has 1 aliphatic rings. The maximum atomic E-state index is 12.8. The zero-order chi connectivity index (χ0) is 18.8. The summed E-state index contributed by atoms with van der Waals surface area (Å²) in [5.41, 5.74) is 10.9. The number of H-pyrrole nitrogens is 2. The minimum Gasteiger partial charge on any atom is -0.394 e. The van der Waals surface area contributed by atoms with Crippen LogP contribution in [-0.4, -0.2) is 20.2 Å². The number of pyridine rings is 2. The van der Waals surface area contributed by atoms with E-state index < -0.39 is 0 Å². The molecule has 0 amide bonds. The molecule has 136 valence electrons. The average Bonchev–Trinajstić information content (AvgIpc) is 3.44. The molecule has 6 nitrogen and oxygen atoms in total. The number of fused-ring (bicyclic) bond motifs is 4. The van der Waals surface area contributed by atoms with E-state index in [9.17, 15) is 4.79 Å². The van der Waals surface area contributed by atoms with E-state index in [2.05, 4.69) is 26.2 Å². The second-order valence-electron chi connectivity index (χ2n) is 7.46. The molecule has 0 aliphatic heterocycles. The lowest BCUT2D eigenvalue weighted by molar-refractivity contribution is 1.12. The topological polar surface area (TPSA) is 100 Å². The van der Waals surface area contributed by atoms with Crippen molar-refractivity contribution in [2.45, 2.75) is 18.8 Å². The van der Waals surface area contributed by atoms with Crippen LogP contribution in [-0.2, 0) is 0 Å². The van der Waals surface area contributed by atoms with Gasteiger partial charge in [-0.2, -0.15) is 5.10 Å². The molecule has 4 N–H and O–H groups in total. The van der Waals surface area contributed by atoms with Gasteiger partial charge in [-0.15, -0.1) is 0 Å². The number of nitrogens with two attached hydrogens (primary N) is 1. The molecule has 3 heterocycles. The molecule has 5 aromatic rings. The minimum atomic E-state index is -0.285. The van der Waals surface area contributed by atoms with Crippen LogP contribution in [0.1, 0.15) is 24.3 Å². The third-order valence-electron chi connectivity index (χ3n) is 5.76. The molecule has 0 spiro atoms. The van der Waals surface area contributed by atoms with Crippen molar-refractivity contribution in [1.82, 2.24) is 20.2 Å². The number of nitrogens with zero attached hydrogens (tertiary/aromatic N) is 2. The summed E-state index contributed by atoms with van der Waals surface area (Å²) in [6.45, 7) is 0. The Bertz CT molecular complexity index is 1460. The van der Waals surface area contributed by atoms with Gasteiger partial charge < -0.3 is 10.7 Å². The highest BCUT2D eigenvalue weighted by Gasteiger charge is 2.27. The normalized spacial score (nSPS) is 14.3. The average molecular weight is 367 g/mol. The predicted octanol–water partition coefficient (Wildman–Crippen LogP) is 4.08. The van der Waals surface area contributed by atoms with Crippen molar-refractivity contribution in [1.29, 1.82) is 0 Å². The molecule has 6 heteroatoms. The van der Waals surface area contributed by atoms with Crippen molar-refractivity contribution in [3.8, 4) is 11.1 Å². The number of aromatic nitrogens is 4. The molecule has 0 bridgehead atoms. The zero-order valence-corrected chi connectivity index (χ0v) is 15.0. The Kier molecular flexibility index (Phi) is 2.98. The SMILES string of the molecule is Nc1c(-c2cccc3[nH]ncc23)c2cc(C3CC3)c3ccncc3c2[nH]c1=O. The Morgan fingerprint density at radius 3 is 2.79 bits per heavy atom. The quantitative estimate of drug-likeness (QED) is 0.409. The van der Waals surface area contributed by atoms with Crippen molar-refractivity contribution < 1.29 is 0 Å². The Morgan fingerprint density at radius 1 is 1.04 bits per heavy atom. The minimum absolute atomic E-state index is 0.228. The molecule has 0 radical (unpaired) electrons. The second kappa shape index (κ2) is 5.42. The number of aromatic amines is 2. The van der Waals surface area contributed by atoms with E-state index in [-0.39, 0.29) is 11.2 Å². The van der Waals surface area contributed by atoms with Gasteiger partial charge in [-0.25, -0.2) is 0 Å². The Hall–Kier alpha value is -3.67. The van der Waals surface area contributed by atoms with Gasteiger partial charge in [-0.1, -0.05) is 12.1 Å². The summed E-state index contributed by atoms with van der Waals surface area (Å²) in [7, 11) is 0. The van der Waals surface area contributed by atoms with Gasteiger partial charge in [0.2, 0.25) is 0 Å². The first-order valence-corrected chi connectivity index (χ1v) is 9.37. The fourth-order valence-corrected chi connectivity index (χ4v) is 4.28. The van der Waals surface area contributed by atoms with Gasteiger partial charge in [0.15, 0.2) is 0 Å². The Labute approximate surface area is 159 Å². The molecule has 28 heavy (non-hydrogen) atoms. The van der Waals surface area contributed by atoms with E-state index in [1.165, 1.54) is 18.4 Å². The standard InChI is InChI=1S/C22H17N5O/c23-20-19(13-2-1-3-18-16(13)10-25-27-18)15-8-14(11-4-5-11)12-6-7-24-9-17(12)21(15)26-22(20)28/h1-3,6-11H,4-5,23H2,(H,25,27)(H,26,28). The van der Waals surface area contributed by atoms with Crippen LogP contribution in [0.15, 0.2) is 53.7 Å². The summed E-state index contributed by atoms with van der Waals surface area (Å²) in [6, 6.07) is 10.1. The van der Waals surface area contributed by atoms with E-state index in [1.807, 2.05) is 36.7 Å². The van der Waals surface area contributed by atoms with Crippen LogP contribution in [0.3, 0.4) is 0 Å². The lowest BCUT2D eigenvalue weighted by Crippen LogP contribution is -2.14. The maximum absolute atomic E-state index is 12.8. The highest BCUT2D eigenvalue weighted by Crippen LogP contribution is 2.46. The van der Waals surface area contributed by atoms with Gasteiger partial charge in [0.05, 0.1) is 17.2 Å². The van der Waals surface area contributed by atoms with Crippen LogP contribution in [0.5, 0.6) is 0 Å². The summed E-state index contributed by atoms with van der Waals surface area (Å²) in [5, 5.41) is 11.2. The summed E-state index contributed by atoms with van der Waals surface area (Å²) in [6.07, 6.45) is 7.80. The van der Waals surface area contributed by atoms with Crippen LogP contribution in [0.4, 0.5) is 5.69 Å². The van der Waals surface area contributed by atoms with Crippen molar-refractivity contribution >= 4 is 38.3 Å². The maximum Gasteiger partial charge on any atom is 0.272 e. The summed E-state index contributed by atoms with van der Waals surface area (Å²) in [5.74, 6) is 0.556. The van der Waals surface area contributed by atoms with Crippen molar-refractivity contribution in [3.63, 3.8) is 0 Å². The summed E-state index contributed by atoms with van der Waals surface area (Å²) < 4.78 is 0. The third kappa shape index (κ3) is 2.05. The van der Waals surface area contributed by atoms with Crippen molar-refractivity contribution in [3.05, 3.63) is 64.8 Å². The van der Waals surface area contributed by atoms with Crippen LogP contribution in [0.2, 0.25) is 0 Å². The summed E-state index contributed by atoms with van der Waals surface area (Å²) >= 11 is 0. The smallest absolute Gasteiger partial charge is 0.272 e. The fraction of sp³-hybridized carbons (Fsp3) is 0.136. The first kappa shape index (κ1) is 15.4. The Morgan fingerprint density at radius 2 is 1.93 bits per heavy atom. The lowest BCUT2D eigenvalue weighted by Gasteiger charge is -2.15. The van der Waals surface area contributed by atoms with E-state index in [0.29, 0.717) is 5.92 Å². The fourth-order valence-electron chi connectivity index (χ4n) is 4.28. The van der Waals surface area contributed by atoms with Crippen LogP contribution < -0.4 is 11.3 Å². The molecule has 2 aromatic carbocycles. The number of hydrogen-bond donors (Lipinski definition) is 3. The molecular formula is C22H17N5O. The number of rotatable bonds is 2. The molecule has 0 atom stereocenters. The van der Waals surface area contributed by atoms with Gasteiger partial charge in [0.25, 0.3) is 5.56 Å². The van der Waals surface area contributed by atoms with E-state index in [4.69, 9.17) is 5.73 Å². The highest BCUT2D eigenvalue weighted by molar-refractivity contribution is 6.15. The third-order valence-corrected chi connectivity index (χ3v) is 5.76. The van der Waals surface area contributed by atoms with Gasteiger partial charge in [-0.05, 0) is 53.5 Å². The van der Waals surface area contributed by atoms with Crippen LogP contribution >= 0.6 is 0 Å². The predicted molar refractivity (Wildman–Crippen MR) is 111 cm³/mol. The Balaban J connectivity index is 1.84. The number of hydrogen-bond acceptors (Lipinski definition) is 4. The first-order chi connectivity index (χ1) is 13.7. The molecular weight excluding hydrogens is 350 g/mol. The van der Waals surface area contributed by atoms with Crippen molar-refractivity contribution in [2.75, 3.05) is 5.73 Å². The van der Waals surface area contributed by atoms with Gasteiger partial charge in [-0.3, -0.25) is 14.9 Å². The van der Waals surface area contributed by atoms with Crippen LogP contribution in [0, 0.1) is 0 Å². The molecule has 3 aromatic heterocycles. The largest absolute Gasteiger partial charge is 0.394 e. The van der Waals surface area contributed by atoms with E-state index >= 15 is 0 Å². The number of nitrogen functional groups attached to an aromatic ring is 1. The first-order valence-electron chi connectivity index (χ1n) is 9.37. The molecule has 1 saturated carbocycles. The van der Waals surface area contributed by atoms with E-state index in [1.54, 1.807) is 6.20 Å². The molecule has 6 rings (SSSR count). The van der Waals surface area contributed by atoms with Gasteiger partial charge in [0.1, 0.15) is 5.69 Å². The monoisotopic (exact) mass is 367 g/mol. The van der Waals surface area contributed by atoms with Gasteiger partial charge in [0, 0.05) is 34.1 Å². The summed E-state index contributed by atoms with van der Waals surface area (Å²) in [4.78, 5) is 20.1.